The van der Waals surface area contributed by atoms with Gasteiger partial charge in [0.05, 0.1) is 12.2 Å². The lowest BCUT2D eigenvalue weighted by Crippen LogP contribution is -2.39. The first-order valence-corrected chi connectivity index (χ1v) is 7.31. The zero-order valence-corrected chi connectivity index (χ0v) is 12.5. The van der Waals surface area contributed by atoms with Gasteiger partial charge in [-0.05, 0) is 62.9 Å². The number of hydrogen-bond acceptors (Lipinski definition) is 5. The van der Waals surface area contributed by atoms with Crippen LogP contribution in [-0.2, 0) is 4.79 Å². The number of carbonyl (C=O) groups is 1. The Bertz CT molecular complexity index is 489. The Morgan fingerprint density at radius 2 is 1.95 bits per heavy atom. The van der Waals surface area contributed by atoms with Gasteiger partial charge in [-0.2, -0.15) is 5.10 Å². The Hall–Kier alpha value is -2.04. The van der Waals surface area contributed by atoms with E-state index in [0.29, 0.717) is 17.8 Å². The van der Waals surface area contributed by atoms with E-state index in [4.69, 9.17) is 4.74 Å². The van der Waals surface area contributed by atoms with Gasteiger partial charge in [0.1, 0.15) is 12.4 Å². The van der Waals surface area contributed by atoms with Gasteiger partial charge in [0.2, 0.25) is 0 Å². The molecular formula is C16H21N2O3-. The molecule has 1 saturated heterocycles. The molecule has 1 aromatic rings. The van der Waals surface area contributed by atoms with Crippen LogP contribution in [0.4, 0.5) is 0 Å². The van der Waals surface area contributed by atoms with Crippen LogP contribution in [0.5, 0.6) is 5.75 Å². The van der Waals surface area contributed by atoms with E-state index >= 15 is 0 Å². The first kappa shape index (κ1) is 15.4. The standard InChI is InChI=1S/C16H22N2O3/c1-12-4-3-5-13(2)18(12)17-10-14-6-8-15(9-7-14)21-11-16(19)20/h6-10,12-13H,3-5,11H2,1-2H3,(H,19,20)/p-1/b17-10-/t12-,13+. The maximum atomic E-state index is 10.3. The van der Waals surface area contributed by atoms with Gasteiger partial charge < -0.3 is 14.6 Å². The van der Waals surface area contributed by atoms with Crippen molar-refractivity contribution in [2.45, 2.75) is 45.2 Å². The molecule has 0 N–H and O–H groups in total. The van der Waals surface area contributed by atoms with Crippen molar-refractivity contribution >= 4 is 12.2 Å². The summed E-state index contributed by atoms with van der Waals surface area (Å²) in [5, 5.41) is 17.1. The molecule has 1 fully saturated rings. The smallest absolute Gasteiger partial charge is 0.128 e. The minimum atomic E-state index is -1.23. The van der Waals surface area contributed by atoms with Gasteiger partial charge >= 0.3 is 0 Å². The highest BCUT2D eigenvalue weighted by molar-refractivity contribution is 5.79. The highest BCUT2D eigenvalue weighted by atomic mass is 16.5. The van der Waals surface area contributed by atoms with Crippen molar-refractivity contribution in [3.63, 3.8) is 0 Å². The molecule has 0 unspecified atom stereocenters. The maximum absolute atomic E-state index is 10.3. The van der Waals surface area contributed by atoms with Gasteiger partial charge in [-0.1, -0.05) is 0 Å². The summed E-state index contributed by atoms with van der Waals surface area (Å²) in [6.07, 6.45) is 5.45. The summed E-state index contributed by atoms with van der Waals surface area (Å²) in [5.41, 5.74) is 0.959. The highest BCUT2D eigenvalue weighted by Gasteiger charge is 2.22. The molecular weight excluding hydrogens is 268 g/mol. The first-order chi connectivity index (χ1) is 10.1. The lowest BCUT2D eigenvalue weighted by atomic mass is 10.00. The summed E-state index contributed by atoms with van der Waals surface area (Å²) < 4.78 is 5.03. The molecule has 114 valence electrons. The van der Waals surface area contributed by atoms with Crippen LogP contribution in [0.1, 0.15) is 38.7 Å². The topological polar surface area (TPSA) is 65.0 Å². The monoisotopic (exact) mass is 289 g/mol. The molecule has 21 heavy (non-hydrogen) atoms. The number of hydrogen-bond donors (Lipinski definition) is 0. The lowest BCUT2D eigenvalue weighted by molar-refractivity contribution is -0.307. The highest BCUT2D eigenvalue weighted by Crippen LogP contribution is 2.22. The minimum Gasteiger partial charge on any atom is -0.546 e. The molecule has 2 atom stereocenters. The molecule has 0 bridgehead atoms. The average molecular weight is 289 g/mol. The number of carboxylic acids is 1. The van der Waals surface area contributed by atoms with Crippen molar-refractivity contribution in [2.24, 2.45) is 5.10 Å². The van der Waals surface area contributed by atoms with Crippen molar-refractivity contribution in [3.8, 4) is 5.75 Å². The Morgan fingerprint density at radius 3 is 2.52 bits per heavy atom. The molecule has 1 aliphatic heterocycles. The SMILES string of the molecule is C[C@@H]1CCC[C@H](C)N1/N=C\c1ccc(OCC(=O)[O-])cc1. The molecule has 1 aliphatic rings. The molecule has 0 saturated carbocycles. The van der Waals surface area contributed by atoms with Crippen molar-refractivity contribution < 1.29 is 14.6 Å². The second-order valence-corrected chi connectivity index (χ2v) is 5.48. The zero-order valence-electron chi connectivity index (χ0n) is 12.5. The lowest BCUT2D eigenvalue weighted by Gasteiger charge is -2.36. The van der Waals surface area contributed by atoms with Crippen LogP contribution in [0.2, 0.25) is 0 Å². The Labute approximate surface area is 125 Å². The number of benzene rings is 1. The molecule has 0 spiro atoms. The van der Waals surface area contributed by atoms with E-state index in [0.717, 1.165) is 5.56 Å². The number of rotatable bonds is 5. The third-order valence-corrected chi connectivity index (χ3v) is 3.72. The third kappa shape index (κ3) is 4.48. The van der Waals surface area contributed by atoms with Crippen molar-refractivity contribution in [1.29, 1.82) is 0 Å². The summed E-state index contributed by atoms with van der Waals surface area (Å²) in [6, 6.07) is 8.10. The maximum Gasteiger partial charge on any atom is 0.128 e. The number of carboxylic acid groups (broad SMARTS) is 1. The summed E-state index contributed by atoms with van der Waals surface area (Å²) in [6.45, 7) is 3.96. The number of aliphatic carboxylic acids is 1. The van der Waals surface area contributed by atoms with Crippen LogP contribution in [0.25, 0.3) is 0 Å². The van der Waals surface area contributed by atoms with Crippen LogP contribution in [-0.4, -0.2) is 35.9 Å². The van der Waals surface area contributed by atoms with E-state index in [1.807, 2.05) is 18.3 Å². The number of ether oxygens (including phenoxy) is 1. The van der Waals surface area contributed by atoms with E-state index in [1.54, 1.807) is 12.1 Å². The molecule has 0 aliphatic carbocycles. The Kier molecular flexibility index (Phi) is 5.20. The van der Waals surface area contributed by atoms with Crippen LogP contribution >= 0.6 is 0 Å². The normalized spacial score (nSPS) is 22.5. The van der Waals surface area contributed by atoms with E-state index in [-0.39, 0.29) is 0 Å². The van der Waals surface area contributed by atoms with Crippen LogP contribution in [0.15, 0.2) is 29.4 Å². The summed E-state index contributed by atoms with van der Waals surface area (Å²) in [7, 11) is 0. The fraction of sp³-hybridized carbons (Fsp3) is 0.500. The van der Waals surface area contributed by atoms with Crippen molar-refractivity contribution in [1.82, 2.24) is 5.01 Å². The second kappa shape index (κ2) is 7.11. The van der Waals surface area contributed by atoms with Gasteiger partial charge in [-0.15, -0.1) is 0 Å². The van der Waals surface area contributed by atoms with E-state index in [2.05, 4.69) is 24.0 Å². The molecule has 0 aromatic heterocycles. The van der Waals surface area contributed by atoms with Crippen LogP contribution in [0.3, 0.4) is 0 Å². The summed E-state index contributed by atoms with van der Waals surface area (Å²) in [5.74, 6) is -0.718. The van der Waals surface area contributed by atoms with Gasteiger partial charge in [-0.3, -0.25) is 5.01 Å². The Balaban J connectivity index is 1.95. The fourth-order valence-corrected chi connectivity index (χ4v) is 2.56. The van der Waals surface area contributed by atoms with Gasteiger partial charge in [0.15, 0.2) is 0 Å². The predicted molar refractivity (Wildman–Crippen MR) is 79.2 cm³/mol. The van der Waals surface area contributed by atoms with Gasteiger partial charge in [0, 0.05) is 12.1 Å². The third-order valence-electron chi connectivity index (χ3n) is 3.72. The number of hydrazone groups is 1. The molecule has 0 radical (unpaired) electrons. The average Bonchev–Trinajstić information content (AvgIpc) is 2.46. The fourth-order valence-electron chi connectivity index (χ4n) is 2.56. The molecule has 0 amide bonds. The predicted octanol–water partition coefficient (Wildman–Crippen LogP) is 1.41. The van der Waals surface area contributed by atoms with Gasteiger partial charge in [-0.25, -0.2) is 0 Å². The van der Waals surface area contributed by atoms with E-state index < -0.39 is 12.6 Å². The van der Waals surface area contributed by atoms with Gasteiger partial charge in [0.25, 0.3) is 0 Å². The number of nitrogens with zero attached hydrogens (tertiary/aromatic N) is 2. The van der Waals surface area contributed by atoms with Crippen molar-refractivity contribution in [3.05, 3.63) is 29.8 Å². The Morgan fingerprint density at radius 1 is 1.33 bits per heavy atom. The van der Waals surface area contributed by atoms with E-state index in [9.17, 15) is 9.90 Å². The largest absolute Gasteiger partial charge is 0.546 e. The summed E-state index contributed by atoms with van der Waals surface area (Å²) >= 11 is 0. The zero-order chi connectivity index (χ0) is 15.2. The van der Waals surface area contributed by atoms with E-state index in [1.165, 1.54) is 19.3 Å². The quantitative estimate of drug-likeness (QED) is 0.769. The molecule has 1 aromatic carbocycles. The summed E-state index contributed by atoms with van der Waals surface area (Å²) in [4.78, 5) is 10.3. The number of carbonyl (C=O) groups excluding carboxylic acids is 1. The van der Waals surface area contributed by atoms with Crippen molar-refractivity contribution in [2.75, 3.05) is 6.61 Å². The second-order valence-electron chi connectivity index (χ2n) is 5.48. The minimum absolute atomic E-state index is 0.434. The molecule has 2 rings (SSSR count). The van der Waals surface area contributed by atoms with Crippen LogP contribution < -0.4 is 9.84 Å². The van der Waals surface area contributed by atoms with Crippen LogP contribution in [0, 0.1) is 0 Å². The number of piperidine rings is 1. The molecule has 1 heterocycles. The first-order valence-electron chi connectivity index (χ1n) is 7.31. The molecule has 5 heteroatoms. The molecule has 5 nitrogen and oxygen atoms in total.